The quantitative estimate of drug-likeness (QED) is 0.889. The Labute approximate surface area is 133 Å². The smallest absolute Gasteiger partial charge is 0.257 e. The first kappa shape index (κ1) is 15.0. The van der Waals surface area contributed by atoms with Crippen LogP contribution < -0.4 is 15.4 Å². The first-order valence-electron chi connectivity index (χ1n) is 7.38. The van der Waals surface area contributed by atoms with Gasteiger partial charge in [-0.1, -0.05) is 6.07 Å². The summed E-state index contributed by atoms with van der Waals surface area (Å²) < 4.78 is 4.96. The maximum absolute atomic E-state index is 12.2. The molecule has 1 fully saturated rings. The fourth-order valence-corrected chi connectivity index (χ4v) is 2.10. The van der Waals surface area contributed by atoms with Crippen molar-refractivity contribution in [1.82, 2.24) is 4.98 Å². The van der Waals surface area contributed by atoms with Crippen molar-refractivity contribution >= 4 is 23.2 Å². The van der Waals surface area contributed by atoms with Gasteiger partial charge in [-0.2, -0.15) is 0 Å². The van der Waals surface area contributed by atoms with Gasteiger partial charge in [-0.15, -0.1) is 0 Å². The highest BCUT2D eigenvalue weighted by molar-refractivity contribution is 6.04. The Hall–Kier alpha value is -2.89. The predicted molar refractivity (Wildman–Crippen MR) is 86.5 cm³/mol. The summed E-state index contributed by atoms with van der Waals surface area (Å²) in [6, 6.07) is 10.3. The molecule has 0 bridgehead atoms. The molecule has 2 aromatic rings. The minimum atomic E-state index is -0.272. The third kappa shape index (κ3) is 3.85. The number of pyridine rings is 1. The number of carbonyl (C=O) groups is 2. The molecule has 0 saturated heterocycles. The van der Waals surface area contributed by atoms with E-state index < -0.39 is 0 Å². The SMILES string of the molecule is COc1ccc(C(=O)Nc2cccc(NC(=O)C3CC3)c2)cn1. The van der Waals surface area contributed by atoms with Crippen LogP contribution in [0.2, 0.25) is 0 Å². The number of rotatable bonds is 5. The molecule has 0 aliphatic heterocycles. The van der Waals surface area contributed by atoms with E-state index in [9.17, 15) is 9.59 Å². The second-order valence-corrected chi connectivity index (χ2v) is 5.39. The fraction of sp³-hybridized carbons (Fsp3) is 0.235. The van der Waals surface area contributed by atoms with Crippen LogP contribution in [-0.4, -0.2) is 23.9 Å². The van der Waals surface area contributed by atoms with E-state index in [-0.39, 0.29) is 17.7 Å². The van der Waals surface area contributed by atoms with Crippen LogP contribution in [0.15, 0.2) is 42.6 Å². The monoisotopic (exact) mass is 311 g/mol. The lowest BCUT2D eigenvalue weighted by atomic mass is 10.2. The topological polar surface area (TPSA) is 80.3 Å². The summed E-state index contributed by atoms with van der Waals surface area (Å²) in [5.74, 6) is 0.351. The summed E-state index contributed by atoms with van der Waals surface area (Å²) >= 11 is 0. The highest BCUT2D eigenvalue weighted by Gasteiger charge is 2.29. The maximum Gasteiger partial charge on any atom is 0.257 e. The van der Waals surface area contributed by atoms with Crippen LogP contribution in [-0.2, 0) is 4.79 Å². The van der Waals surface area contributed by atoms with Crippen molar-refractivity contribution in [2.45, 2.75) is 12.8 Å². The summed E-state index contributed by atoms with van der Waals surface area (Å²) in [4.78, 5) is 28.0. The molecule has 1 saturated carbocycles. The zero-order chi connectivity index (χ0) is 16.2. The van der Waals surface area contributed by atoms with Crippen molar-refractivity contribution < 1.29 is 14.3 Å². The second-order valence-electron chi connectivity index (χ2n) is 5.39. The number of nitrogens with zero attached hydrogens (tertiary/aromatic N) is 1. The van der Waals surface area contributed by atoms with E-state index in [0.717, 1.165) is 12.8 Å². The van der Waals surface area contributed by atoms with Gasteiger partial charge in [0.15, 0.2) is 0 Å². The van der Waals surface area contributed by atoms with Crippen molar-refractivity contribution in [3.63, 3.8) is 0 Å². The van der Waals surface area contributed by atoms with Gasteiger partial charge >= 0.3 is 0 Å². The maximum atomic E-state index is 12.2. The van der Waals surface area contributed by atoms with Gasteiger partial charge in [-0.05, 0) is 37.1 Å². The Bertz CT molecular complexity index is 724. The standard InChI is InChI=1S/C17H17N3O3/c1-23-15-8-7-12(10-18-15)17(22)20-14-4-2-3-13(9-14)19-16(21)11-5-6-11/h2-4,7-11H,5-6H2,1H3,(H,19,21)(H,20,22). The zero-order valence-corrected chi connectivity index (χ0v) is 12.7. The van der Waals surface area contributed by atoms with E-state index in [0.29, 0.717) is 22.8 Å². The third-order valence-corrected chi connectivity index (χ3v) is 3.54. The van der Waals surface area contributed by atoms with E-state index in [1.54, 1.807) is 36.4 Å². The van der Waals surface area contributed by atoms with Gasteiger partial charge in [0.25, 0.3) is 5.91 Å². The number of anilines is 2. The number of methoxy groups -OCH3 is 1. The lowest BCUT2D eigenvalue weighted by Gasteiger charge is -2.09. The molecule has 1 heterocycles. The first-order valence-corrected chi connectivity index (χ1v) is 7.38. The van der Waals surface area contributed by atoms with Gasteiger partial charge in [-0.3, -0.25) is 9.59 Å². The predicted octanol–water partition coefficient (Wildman–Crippen LogP) is 2.69. The lowest BCUT2D eigenvalue weighted by molar-refractivity contribution is -0.117. The molecular formula is C17H17N3O3. The van der Waals surface area contributed by atoms with Crippen LogP contribution in [0.25, 0.3) is 0 Å². The molecule has 2 N–H and O–H groups in total. The minimum absolute atomic E-state index is 0.0350. The summed E-state index contributed by atoms with van der Waals surface area (Å²) in [5, 5.41) is 5.64. The van der Waals surface area contributed by atoms with Crippen LogP contribution in [0.5, 0.6) is 5.88 Å². The largest absolute Gasteiger partial charge is 0.481 e. The molecule has 0 radical (unpaired) electrons. The molecule has 2 amide bonds. The van der Waals surface area contributed by atoms with E-state index in [1.807, 2.05) is 0 Å². The van der Waals surface area contributed by atoms with Crippen LogP contribution in [0, 0.1) is 5.92 Å². The van der Waals surface area contributed by atoms with Gasteiger partial charge in [0.05, 0.1) is 12.7 Å². The number of benzene rings is 1. The Morgan fingerprint density at radius 3 is 2.48 bits per heavy atom. The second kappa shape index (κ2) is 6.48. The van der Waals surface area contributed by atoms with Crippen LogP contribution >= 0.6 is 0 Å². The number of amides is 2. The molecule has 1 aliphatic carbocycles. The molecule has 0 unspecified atom stereocenters. The number of hydrogen-bond acceptors (Lipinski definition) is 4. The highest BCUT2D eigenvalue weighted by atomic mass is 16.5. The van der Waals surface area contributed by atoms with E-state index in [2.05, 4.69) is 15.6 Å². The summed E-state index contributed by atoms with van der Waals surface area (Å²) in [6.07, 6.45) is 3.35. The zero-order valence-electron chi connectivity index (χ0n) is 12.7. The Morgan fingerprint density at radius 1 is 1.13 bits per heavy atom. The highest BCUT2D eigenvalue weighted by Crippen LogP contribution is 2.30. The molecule has 1 aromatic heterocycles. The molecular weight excluding hydrogens is 294 g/mol. The fourth-order valence-electron chi connectivity index (χ4n) is 2.10. The summed E-state index contributed by atoms with van der Waals surface area (Å²) in [7, 11) is 1.52. The normalized spacial score (nSPS) is 13.3. The Kier molecular flexibility index (Phi) is 4.23. The lowest BCUT2D eigenvalue weighted by Crippen LogP contribution is -2.15. The number of hydrogen-bond donors (Lipinski definition) is 2. The van der Waals surface area contributed by atoms with Crippen LogP contribution in [0.3, 0.4) is 0 Å². The molecule has 23 heavy (non-hydrogen) atoms. The molecule has 0 spiro atoms. The molecule has 6 nitrogen and oxygen atoms in total. The number of nitrogens with one attached hydrogen (secondary N) is 2. The number of carbonyl (C=O) groups excluding carboxylic acids is 2. The number of ether oxygens (including phenoxy) is 1. The van der Waals surface area contributed by atoms with E-state index in [4.69, 9.17) is 4.74 Å². The van der Waals surface area contributed by atoms with Gasteiger partial charge in [-0.25, -0.2) is 4.98 Å². The molecule has 6 heteroatoms. The molecule has 1 aliphatic rings. The molecule has 1 aromatic carbocycles. The van der Waals surface area contributed by atoms with Crippen molar-refractivity contribution in [2.75, 3.05) is 17.7 Å². The van der Waals surface area contributed by atoms with Gasteiger partial charge in [0, 0.05) is 29.6 Å². The van der Waals surface area contributed by atoms with Crippen LogP contribution in [0.1, 0.15) is 23.2 Å². The average Bonchev–Trinajstić information content (AvgIpc) is 3.40. The van der Waals surface area contributed by atoms with Crippen molar-refractivity contribution in [3.05, 3.63) is 48.2 Å². The molecule has 3 rings (SSSR count). The third-order valence-electron chi connectivity index (χ3n) is 3.54. The van der Waals surface area contributed by atoms with Crippen molar-refractivity contribution in [2.24, 2.45) is 5.92 Å². The Balaban J connectivity index is 1.66. The molecule has 0 atom stereocenters. The van der Waals surface area contributed by atoms with Gasteiger partial charge < -0.3 is 15.4 Å². The first-order chi connectivity index (χ1) is 11.2. The van der Waals surface area contributed by atoms with Crippen molar-refractivity contribution in [1.29, 1.82) is 0 Å². The summed E-state index contributed by atoms with van der Waals surface area (Å²) in [6.45, 7) is 0. The van der Waals surface area contributed by atoms with Gasteiger partial charge in [0.1, 0.15) is 0 Å². The Morgan fingerprint density at radius 2 is 1.87 bits per heavy atom. The summed E-state index contributed by atoms with van der Waals surface area (Å²) in [5.41, 5.74) is 1.71. The number of aromatic nitrogens is 1. The van der Waals surface area contributed by atoms with E-state index in [1.165, 1.54) is 13.3 Å². The van der Waals surface area contributed by atoms with Crippen LogP contribution in [0.4, 0.5) is 11.4 Å². The minimum Gasteiger partial charge on any atom is -0.481 e. The molecule has 118 valence electrons. The average molecular weight is 311 g/mol. The van der Waals surface area contributed by atoms with Crippen molar-refractivity contribution in [3.8, 4) is 5.88 Å². The van der Waals surface area contributed by atoms with Gasteiger partial charge in [0.2, 0.25) is 11.8 Å². The van der Waals surface area contributed by atoms with E-state index >= 15 is 0 Å².